The molecule has 1 heterocycles. The van der Waals surface area contributed by atoms with Gasteiger partial charge in [-0.15, -0.1) is 11.3 Å². The third-order valence-corrected chi connectivity index (χ3v) is 9.08. The molecule has 270 valence electrons. The van der Waals surface area contributed by atoms with Gasteiger partial charge in [0.2, 0.25) is 29.5 Å². The largest absolute Gasteiger partial charge is 0.369 e. The van der Waals surface area contributed by atoms with E-state index in [0.29, 0.717) is 44.1 Å². The number of fused-ring (bicyclic) bond motifs is 1. The van der Waals surface area contributed by atoms with E-state index in [1.807, 2.05) is 33.8 Å². The standard InChI is InChI=1S/C19H27N3O2S.C12H25N3O2.C4H7NO/c1-5-12(4)18(19(20)24)22-16(23)8-9-17-21-14-7-6-13(11(2)3)10-15(14)25-17;1-9(2)8-10(12(14)17)15-11(16)6-4-3-5-7-13;5-4(6)3-1-2-3/h6-7,10-12,18H,5,8-9H2,1-4H3,(H2,20,24)(H,22,23);9-10H,3-8,13H2,1-2H3,(H2,14,17)(H,15,16);3H,1-2H2,(H2,5,6). The topological polar surface area (TPSA) is 226 Å². The van der Waals surface area contributed by atoms with Crippen LogP contribution >= 0.6 is 11.3 Å². The van der Waals surface area contributed by atoms with Gasteiger partial charge in [-0.2, -0.15) is 0 Å². The molecule has 0 aliphatic heterocycles. The second-order valence-corrected chi connectivity index (χ2v) is 14.4. The minimum absolute atomic E-state index is 0.0263. The highest BCUT2D eigenvalue weighted by molar-refractivity contribution is 7.18. The molecule has 0 spiro atoms. The number of unbranched alkanes of at least 4 members (excludes halogenated alkanes) is 2. The number of carbonyl (C=O) groups is 5. The van der Waals surface area contributed by atoms with Crippen molar-refractivity contribution in [2.45, 2.75) is 124 Å². The van der Waals surface area contributed by atoms with Gasteiger partial charge in [-0.1, -0.05) is 60.5 Å². The van der Waals surface area contributed by atoms with Crippen LogP contribution in [0.25, 0.3) is 10.2 Å². The van der Waals surface area contributed by atoms with Gasteiger partial charge in [0.25, 0.3) is 0 Å². The van der Waals surface area contributed by atoms with Crippen LogP contribution in [0, 0.1) is 17.8 Å². The molecule has 3 atom stereocenters. The zero-order valence-corrected chi connectivity index (χ0v) is 30.5. The SMILES string of the molecule is CC(C)CC(NC(=O)CCCCCN)C(N)=O.CCC(C)C(NC(=O)CCc1nc2ccc(C(C)C)cc2s1)C(N)=O.NC(=O)C1CC1. The minimum Gasteiger partial charge on any atom is -0.369 e. The summed E-state index contributed by atoms with van der Waals surface area (Å²) >= 11 is 1.62. The van der Waals surface area contributed by atoms with Gasteiger partial charge in [-0.25, -0.2) is 4.98 Å². The van der Waals surface area contributed by atoms with Crippen molar-refractivity contribution >= 4 is 51.1 Å². The number of nitrogens with two attached hydrogens (primary N) is 4. The van der Waals surface area contributed by atoms with Crippen molar-refractivity contribution in [3.05, 3.63) is 28.8 Å². The molecule has 1 aliphatic carbocycles. The number of amides is 5. The summed E-state index contributed by atoms with van der Waals surface area (Å²) in [7, 11) is 0. The number of hydrogen-bond donors (Lipinski definition) is 6. The number of nitrogens with one attached hydrogen (secondary N) is 2. The molecule has 0 radical (unpaired) electrons. The molecule has 3 rings (SSSR count). The second-order valence-electron chi connectivity index (χ2n) is 13.3. The summed E-state index contributed by atoms with van der Waals surface area (Å²) in [5, 5.41) is 6.37. The number of aromatic nitrogens is 1. The van der Waals surface area contributed by atoms with Crippen LogP contribution < -0.4 is 33.6 Å². The van der Waals surface area contributed by atoms with Crippen molar-refractivity contribution in [1.82, 2.24) is 15.6 Å². The normalized spacial score (nSPS) is 14.2. The Kier molecular flexibility index (Phi) is 19.6. The first-order valence-electron chi connectivity index (χ1n) is 17.1. The van der Waals surface area contributed by atoms with Crippen molar-refractivity contribution in [2.24, 2.45) is 40.7 Å². The highest BCUT2D eigenvalue weighted by atomic mass is 32.1. The average Bonchev–Trinajstić information content (AvgIpc) is 3.80. The van der Waals surface area contributed by atoms with Gasteiger partial charge in [-0.3, -0.25) is 24.0 Å². The van der Waals surface area contributed by atoms with E-state index >= 15 is 0 Å². The van der Waals surface area contributed by atoms with Crippen molar-refractivity contribution in [3.63, 3.8) is 0 Å². The fourth-order valence-corrected chi connectivity index (χ4v) is 5.62. The lowest BCUT2D eigenvalue weighted by Crippen LogP contribution is -2.48. The summed E-state index contributed by atoms with van der Waals surface area (Å²) in [4.78, 5) is 61.0. The summed E-state index contributed by atoms with van der Waals surface area (Å²) in [6.07, 6.45) is 7.38. The first-order valence-corrected chi connectivity index (χ1v) is 18.0. The zero-order valence-electron chi connectivity index (χ0n) is 29.7. The van der Waals surface area contributed by atoms with Crippen LogP contribution in [0.2, 0.25) is 0 Å². The van der Waals surface area contributed by atoms with Crippen molar-refractivity contribution in [2.75, 3.05) is 6.54 Å². The molecule has 1 fully saturated rings. The molecule has 5 amide bonds. The predicted octanol–water partition coefficient (Wildman–Crippen LogP) is 3.77. The van der Waals surface area contributed by atoms with Gasteiger partial charge < -0.3 is 33.6 Å². The first-order chi connectivity index (χ1) is 22.6. The molecule has 1 saturated carbocycles. The molecule has 1 aliphatic rings. The molecule has 13 heteroatoms. The van der Waals surface area contributed by atoms with Gasteiger partial charge >= 0.3 is 0 Å². The Bertz CT molecular complexity index is 1330. The molecule has 3 unspecified atom stereocenters. The molecule has 10 N–H and O–H groups in total. The first kappa shape index (κ1) is 42.4. The Labute approximate surface area is 289 Å². The Morgan fingerprint density at radius 2 is 1.54 bits per heavy atom. The van der Waals surface area contributed by atoms with Crippen molar-refractivity contribution in [1.29, 1.82) is 0 Å². The van der Waals surface area contributed by atoms with E-state index in [0.717, 1.165) is 53.7 Å². The van der Waals surface area contributed by atoms with E-state index in [-0.39, 0.29) is 29.6 Å². The van der Waals surface area contributed by atoms with Crippen molar-refractivity contribution < 1.29 is 24.0 Å². The number of primary amides is 3. The molecule has 1 aromatic heterocycles. The van der Waals surface area contributed by atoms with E-state index in [4.69, 9.17) is 22.9 Å². The monoisotopic (exact) mass is 689 g/mol. The van der Waals surface area contributed by atoms with Gasteiger partial charge in [0.05, 0.1) is 15.2 Å². The second kappa shape index (κ2) is 22.1. The Morgan fingerprint density at radius 1 is 0.896 bits per heavy atom. The Morgan fingerprint density at radius 3 is 2.02 bits per heavy atom. The quantitative estimate of drug-likeness (QED) is 0.127. The van der Waals surface area contributed by atoms with Gasteiger partial charge in [0.1, 0.15) is 12.1 Å². The molecule has 2 aromatic rings. The number of rotatable bonds is 18. The number of aryl methyl sites for hydroxylation is 1. The zero-order chi connectivity index (χ0) is 36.4. The molecule has 0 bridgehead atoms. The summed E-state index contributed by atoms with van der Waals surface area (Å²) < 4.78 is 1.15. The molecule has 0 saturated heterocycles. The average molecular weight is 690 g/mol. The predicted molar refractivity (Wildman–Crippen MR) is 193 cm³/mol. The summed E-state index contributed by atoms with van der Waals surface area (Å²) in [5.41, 5.74) is 23.1. The van der Waals surface area contributed by atoms with E-state index < -0.39 is 23.9 Å². The van der Waals surface area contributed by atoms with E-state index in [2.05, 4.69) is 41.6 Å². The van der Waals surface area contributed by atoms with Crippen LogP contribution in [0.15, 0.2) is 18.2 Å². The number of carbonyl (C=O) groups excluding carboxylic acids is 5. The smallest absolute Gasteiger partial charge is 0.240 e. The van der Waals surface area contributed by atoms with E-state index in [9.17, 15) is 24.0 Å². The molecule has 1 aromatic carbocycles. The fourth-order valence-electron chi connectivity index (χ4n) is 4.61. The van der Waals surface area contributed by atoms with Gasteiger partial charge in [-0.05, 0) is 74.1 Å². The molecular weight excluding hydrogens is 630 g/mol. The number of thiazole rings is 1. The molecular formula is C35H59N7O5S. The van der Waals surface area contributed by atoms with Crippen LogP contribution in [0.3, 0.4) is 0 Å². The van der Waals surface area contributed by atoms with Crippen LogP contribution in [0.4, 0.5) is 0 Å². The minimum atomic E-state index is -0.610. The molecule has 48 heavy (non-hydrogen) atoms. The van der Waals surface area contributed by atoms with Gasteiger partial charge in [0, 0.05) is 25.2 Å². The van der Waals surface area contributed by atoms with E-state index in [1.54, 1.807) is 11.3 Å². The number of benzene rings is 1. The van der Waals surface area contributed by atoms with Crippen LogP contribution in [0.5, 0.6) is 0 Å². The third-order valence-electron chi connectivity index (χ3n) is 8.00. The third kappa shape index (κ3) is 17.0. The number of nitrogens with zero attached hydrogens (tertiary/aromatic N) is 1. The maximum Gasteiger partial charge on any atom is 0.240 e. The summed E-state index contributed by atoms with van der Waals surface area (Å²) in [6, 6.07) is 5.16. The summed E-state index contributed by atoms with van der Waals surface area (Å²) in [6.45, 7) is 12.8. The van der Waals surface area contributed by atoms with Gasteiger partial charge in [0.15, 0.2) is 0 Å². The van der Waals surface area contributed by atoms with Crippen LogP contribution in [0.1, 0.15) is 116 Å². The lowest BCUT2D eigenvalue weighted by atomic mass is 9.98. The fraction of sp³-hybridized carbons (Fsp3) is 0.657. The Balaban J connectivity index is 0.000000429. The molecule has 12 nitrogen and oxygen atoms in total. The van der Waals surface area contributed by atoms with Crippen molar-refractivity contribution in [3.8, 4) is 0 Å². The maximum atomic E-state index is 12.2. The van der Waals surface area contributed by atoms with Crippen LogP contribution in [-0.4, -0.2) is 53.1 Å². The van der Waals surface area contributed by atoms with E-state index in [1.165, 1.54) is 5.56 Å². The summed E-state index contributed by atoms with van der Waals surface area (Å²) in [5.74, 6) is -0.272. The number of hydrogen-bond acceptors (Lipinski definition) is 8. The highest BCUT2D eigenvalue weighted by Gasteiger charge is 2.26. The maximum absolute atomic E-state index is 12.2. The Hall–Kier alpha value is -3.58. The lowest BCUT2D eigenvalue weighted by Gasteiger charge is -2.20. The van der Waals surface area contributed by atoms with Crippen LogP contribution in [-0.2, 0) is 30.4 Å². The lowest BCUT2D eigenvalue weighted by molar-refractivity contribution is -0.128. The highest BCUT2D eigenvalue weighted by Crippen LogP contribution is 2.28.